The number of nitrogens with zero attached hydrogens (tertiary/aromatic N) is 4. The molecule has 1 aliphatic heterocycles. The van der Waals surface area contributed by atoms with Gasteiger partial charge in [-0.2, -0.15) is 0 Å². The van der Waals surface area contributed by atoms with Crippen LogP contribution < -0.4 is 16.3 Å². The molecule has 5 nitrogen and oxygen atoms in total. The summed E-state index contributed by atoms with van der Waals surface area (Å²) in [5.41, 5.74) is 5.00. The first-order chi connectivity index (χ1) is 10.2. The predicted octanol–water partition coefficient (Wildman–Crippen LogP) is 1.10. The maximum atomic E-state index is 6.17. The zero-order chi connectivity index (χ0) is 14.7. The summed E-state index contributed by atoms with van der Waals surface area (Å²) in [4.78, 5) is 13.9. The van der Waals surface area contributed by atoms with Gasteiger partial charge in [-0.3, -0.25) is 0 Å². The summed E-state index contributed by atoms with van der Waals surface area (Å²) in [6.07, 6.45) is 7.64. The summed E-state index contributed by atoms with van der Waals surface area (Å²) in [5, 5.41) is 2.18. The van der Waals surface area contributed by atoms with E-state index in [0.29, 0.717) is 11.9 Å². The number of rotatable bonds is 1. The Morgan fingerprint density at radius 2 is 2.00 bits per heavy atom. The Morgan fingerprint density at radius 3 is 2.62 bits per heavy atom. The molecule has 1 aromatic carbocycles. The first kappa shape index (κ1) is 13.8. The van der Waals surface area contributed by atoms with Crippen LogP contribution >= 0.6 is 11.6 Å². The number of hydrogen-bond acceptors (Lipinski definition) is 5. The summed E-state index contributed by atoms with van der Waals surface area (Å²) in [7, 11) is 0. The maximum absolute atomic E-state index is 6.17. The van der Waals surface area contributed by atoms with E-state index in [9.17, 15) is 0 Å². The molecular formula is C15H16ClN5. The average molecular weight is 302 g/mol. The molecule has 0 saturated heterocycles. The third-order valence-corrected chi connectivity index (χ3v) is 3.61. The van der Waals surface area contributed by atoms with Crippen molar-refractivity contribution in [3.63, 3.8) is 0 Å². The molecule has 6 heteroatoms. The lowest BCUT2D eigenvalue weighted by Gasteiger charge is -2.25. The van der Waals surface area contributed by atoms with E-state index in [1.54, 1.807) is 12.3 Å². The number of halogens is 1. The van der Waals surface area contributed by atoms with Crippen molar-refractivity contribution in [1.29, 1.82) is 0 Å². The number of nitrogens with two attached hydrogens (primary N) is 1. The van der Waals surface area contributed by atoms with Crippen LogP contribution in [-0.4, -0.2) is 26.5 Å². The number of nitrogen functional groups attached to an aromatic ring is 1. The number of hydrogen-bond donors (Lipinski definition) is 1. The second kappa shape index (κ2) is 6.10. The zero-order valence-corrected chi connectivity index (χ0v) is 12.2. The van der Waals surface area contributed by atoms with Crippen molar-refractivity contribution in [2.75, 3.05) is 5.73 Å². The molecule has 2 heterocycles. The topological polar surface area (TPSA) is 67.4 Å². The lowest BCUT2D eigenvalue weighted by molar-refractivity contribution is 0.368. The molecule has 0 spiro atoms. The largest absolute Gasteiger partial charge is 0.384 e. The number of alkyl halides is 1. The molecule has 108 valence electrons. The quantitative estimate of drug-likeness (QED) is 0.633. The van der Waals surface area contributed by atoms with Gasteiger partial charge in [-0.15, -0.1) is 0 Å². The molecule has 2 N–H and O–H groups in total. The molecule has 0 bridgehead atoms. The molecule has 4 rings (SSSR count). The highest BCUT2D eigenvalue weighted by Gasteiger charge is 2.31. The lowest BCUT2D eigenvalue weighted by Crippen LogP contribution is -2.40. The molecule has 21 heavy (non-hydrogen) atoms. The van der Waals surface area contributed by atoms with Crippen molar-refractivity contribution in [2.45, 2.75) is 24.5 Å². The van der Waals surface area contributed by atoms with Gasteiger partial charge in [0, 0.05) is 23.7 Å². The van der Waals surface area contributed by atoms with Crippen molar-refractivity contribution in [3.05, 3.63) is 53.4 Å². The Bertz CT molecular complexity index is 714. The van der Waals surface area contributed by atoms with Crippen LogP contribution in [0.4, 0.5) is 5.82 Å². The van der Waals surface area contributed by atoms with Crippen molar-refractivity contribution < 1.29 is 0 Å². The Labute approximate surface area is 127 Å². The van der Waals surface area contributed by atoms with Crippen LogP contribution in [0.2, 0.25) is 0 Å². The van der Waals surface area contributed by atoms with Crippen molar-refractivity contribution in [2.24, 2.45) is 4.99 Å². The Hall–Kier alpha value is -2.14. The third kappa shape index (κ3) is 3.49. The fourth-order valence-corrected chi connectivity index (χ4v) is 2.39. The fourth-order valence-electron chi connectivity index (χ4n) is 2.07. The van der Waals surface area contributed by atoms with E-state index in [-0.39, 0.29) is 5.62 Å². The summed E-state index contributed by atoms with van der Waals surface area (Å²) in [6.45, 7) is 0. The summed E-state index contributed by atoms with van der Waals surface area (Å²) < 4.78 is 0. The number of anilines is 1. The van der Waals surface area contributed by atoms with E-state index >= 15 is 0 Å². The van der Waals surface area contributed by atoms with Gasteiger partial charge >= 0.3 is 0 Å². The normalized spacial score (nSPS) is 19.5. The third-order valence-electron chi connectivity index (χ3n) is 3.29. The van der Waals surface area contributed by atoms with Crippen LogP contribution in [0.25, 0.3) is 6.20 Å². The van der Waals surface area contributed by atoms with Gasteiger partial charge in [0.05, 0.1) is 5.36 Å². The highest BCUT2D eigenvalue weighted by Crippen LogP contribution is 2.30. The smallest absolute Gasteiger partial charge is 0.198 e. The van der Waals surface area contributed by atoms with Crippen LogP contribution in [0, 0.1) is 0 Å². The fraction of sp³-hybridized carbons (Fsp3) is 0.267. The van der Waals surface area contributed by atoms with Gasteiger partial charge in [0.15, 0.2) is 5.62 Å². The number of benzene rings is 1. The van der Waals surface area contributed by atoms with Crippen molar-refractivity contribution in [3.8, 4) is 0 Å². The minimum atomic E-state index is -0.211. The Morgan fingerprint density at radius 1 is 1.19 bits per heavy atom. The molecule has 0 amide bonds. The van der Waals surface area contributed by atoms with Gasteiger partial charge in [0.25, 0.3) is 0 Å². The zero-order valence-electron chi connectivity index (χ0n) is 11.4. The van der Waals surface area contributed by atoms with Crippen LogP contribution in [0.5, 0.6) is 0 Å². The predicted molar refractivity (Wildman–Crippen MR) is 82.6 cm³/mol. The van der Waals surface area contributed by atoms with Crippen LogP contribution in [-0.2, 0) is 0 Å². The Kier molecular flexibility index (Phi) is 4.01. The minimum Gasteiger partial charge on any atom is -0.384 e. The molecular weight excluding hydrogens is 286 g/mol. The highest BCUT2D eigenvalue weighted by molar-refractivity contribution is 6.20. The van der Waals surface area contributed by atoms with Crippen molar-refractivity contribution in [1.82, 2.24) is 14.9 Å². The summed E-state index contributed by atoms with van der Waals surface area (Å²) in [6, 6.07) is 10.4. The maximum Gasteiger partial charge on any atom is 0.198 e. The number of para-hydroxylation sites is 1. The van der Waals surface area contributed by atoms with E-state index in [2.05, 4.69) is 32.1 Å². The van der Waals surface area contributed by atoms with E-state index < -0.39 is 0 Å². The van der Waals surface area contributed by atoms with Crippen LogP contribution in [0.15, 0.2) is 47.8 Å². The van der Waals surface area contributed by atoms with E-state index in [1.807, 2.05) is 18.2 Å². The number of fused-ring (bicyclic) bond motifs is 1. The standard InChI is InChI=1S/C11H11ClN2.C4H5N3/c12-11-13-10-4-2-1-3-8(10)7-14(11)9-5-6-9;5-4-1-2-6-3-7-4/h1-4,7,9,11H,5-6H2;1-3H,(H2,5,6,7). The molecule has 1 atom stereocenters. The lowest BCUT2D eigenvalue weighted by atomic mass is 10.2. The monoisotopic (exact) mass is 301 g/mol. The van der Waals surface area contributed by atoms with Crippen molar-refractivity contribution >= 4 is 23.6 Å². The molecule has 1 aliphatic carbocycles. The summed E-state index contributed by atoms with van der Waals surface area (Å²) >= 11 is 6.17. The van der Waals surface area contributed by atoms with Gasteiger partial charge in [-0.05, 0) is 25.0 Å². The van der Waals surface area contributed by atoms with Gasteiger partial charge in [0.2, 0.25) is 0 Å². The molecule has 1 saturated carbocycles. The first-order valence-electron chi connectivity index (χ1n) is 6.82. The van der Waals surface area contributed by atoms with Gasteiger partial charge in [0.1, 0.15) is 12.1 Å². The average Bonchev–Trinajstić information content (AvgIpc) is 3.33. The van der Waals surface area contributed by atoms with Gasteiger partial charge < -0.3 is 10.6 Å². The SMILES string of the molecule is ClC1N=c2ccccc2=CN1C1CC1.Nc1ccncn1. The molecule has 1 unspecified atom stereocenters. The van der Waals surface area contributed by atoms with Gasteiger partial charge in [-0.1, -0.05) is 29.8 Å². The first-order valence-corrected chi connectivity index (χ1v) is 7.25. The van der Waals surface area contributed by atoms with E-state index in [4.69, 9.17) is 17.3 Å². The molecule has 2 aliphatic rings. The summed E-state index contributed by atoms with van der Waals surface area (Å²) in [5.74, 6) is 0.509. The molecule has 1 fully saturated rings. The molecule has 2 aromatic rings. The minimum absolute atomic E-state index is 0.211. The second-order valence-electron chi connectivity index (χ2n) is 4.94. The van der Waals surface area contributed by atoms with Gasteiger partial charge in [-0.25, -0.2) is 15.0 Å². The number of aromatic nitrogens is 2. The van der Waals surface area contributed by atoms with Crippen LogP contribution in [0.3, 0.4) is 0 Å². The molecule has 1 aromatic heterocycles. The van der Waals surface area contributed by atoms with Crippen LogP contribution in [0.1, 0.15) is 12.8 Å². The van der Waals surface area contributed by atoms with E-state index in [0.717, 1.165) is 5.36 Å². The molecule has 0 radical (unpaired) electrons. The Balaban J connectivity index is 0.000000160. The highest BCUT2D eigenvalue weighted by atomic mass is 35.5. The van der Waals surface area contributed by atoms with E-state index in [1.165, 1.54) is 24.4 Å². The second-order valence-corrected chi connectivity index (χ2v) is 5.33.